The van der Waals surface area contributed by atoms with Crippen LogP contribution < -0.4 is 26.1 Å². The number of fused-ring (bicyclic) bond motifs is 4. The SMILES string of the molecule is CCc1cc2c3c(c1)P(=S)(N(CC)CC)c1cc(C)ccc1N3c1ccc(C)cc1P2(C)=S. The van der Waals surface area contributed by atoms with Crippen molar-refractivity contribution in [3.8, 4) is 0 Å². The van der Waals surface area contributed by atoms with Crippen LogP contribution in [0, 0.1) is 13.8 Å². The molecule has 0 saturated carbocycles. The van der Waals surface area contributed by atoms with Gasteiger partial charge in [-0.25, -0.2) is 0 Å². The fourth-order valence-electron chi connectivity index (χ4n) is 5.44. The van der Waals surface area contributed by atoms with Crippen molar-refractivity contribution in [2.75, 3.05) is 24.7 Å². The summed E-state index contributed by atoms with van der Waals surface area (Å²) in [6, 6.07) is 16.6. The maximum atomic E-state index is 6.82. The van der Waals surface area contributed by atoms with Crippen molar-refractivity contribution in [3.63, 3.8) is 0 Å². The van der Waals surface area contributed by atoms with Crippen LogP contribution in [-0.4, -0.2) is 24.4 Å². The molecule has 0 aliphatic carbocycles. The molecule has 0 N–H and O–H groups in total. The molecule has 2 nitrogen and oxygen atoms in total. The van der Waals surface area contributed by atoms with E-state index in [1.165, 1.54) is 55.0 Å². The van der Waals surface area contributed by atoms with Gasteiger partial charge < -0.3 is 4.90 Å². The topological polar surface area (TPSA) is 6.48 Å². The van der Waals surface area contributed by atoms with Crippen molar-refractivity contribution in [1.82, 2.24) is 4.67 Å². The van der Waals surface area contributed by atoms with Crippen LogP contribution in [0.1, 0.15) is 37.5 Å². The molecule has 0 fully saturated rings. The minimum atomic E-state index is -2.20. The van der Waals surface area contributed by atoms with Crippen LogP contribution in [0.3, 0.4) is 0 Å². The van der Waals surface area contributed by atoms with Gasteiger partial charge >= 0.3 is 0 Å². The van der Waals surface area contributed by atoms with Gasteiger partial charge in [-0.3, -0.25) is 4.67 Å². The first-order valence-corrected chi connectivity index (χ1v) is 17.8. The van der Waals surface area contributed by atoms with Gasteiger partial charge in [0.15, 0.2) is 0 Å². The van der Waals surface area contributed by atoms with Gasteiger partial charge in [-0.2, -0.15) is 0 Å². The van der Waals surface area contributed by atoms with E-state index >= 15 is 0 Å². The summed E-state index contributed by atoms with van der Waals surface area (Å²) in [4.78, 5) is 2.50. The minimum Gasteiger partial charge on any atom is -0.308 e. The summed E-state index contributed by atoms with van der Waals surface area (Å²) in [5, 5.41) is 5.34. The molecule has 2 unspecified atom stereocenters. The van der Waals surface area contributed by atoms with Gasteiger partial charge in [0.25, 0.3) is 0 Å². The Morgan fingerprint density at radius 3 is 1.88 bits per heavy atom. The molecule has 0 spiro atoms. The summed E-state index contributed by atoms with van der Waals surface area (Å²) in [5.41, 5.74) is 7.68. The molecule has 2 aliphatic heterocycles. The number of hydrogen-bond acceptors (Lipinski definition) is 3. The van der Waals surface area contributed by atoms with E-state index in [2.05, 4.69) is 99.4 Å². The molecule has 3 aromatic rings. The average molecular weight is 511 g/mol. The van der Waals surface area contributed by atoms with Crippen LogP contribution in [0.2, 0.25) is 0 Å². The molecule has 0 bridgehead atoms. The highest BCUT2D eigenvalue weighted by Gasteiger charge is 2.45. The zero-order chi connectivity index (χ0) is 23.7. The Morgan fingerprint density at radius 1 is 0.758 bits per heavy atom. The maximum Gasteiger partial charge on any atom is 0.0751 e. The van der Waals surface area contributed by atoms with E-state index in [0.717, 1.165) is 19.5 Å². The molecule has 0 aromatic heterocycles. The van der Waals surface area contributed by atoms with Crippen molar-refractivity contribution in [2.45, 2.75) is 41.0 Å². The minimum absolute atomic E-state index is 0.947. The van der Waals surface area contributed by atoms with Gasteiger partial charge in [-0.05, 0) is 68.9 Å². The van der Waals surface area contributed by atoms with Crippen LogP contribution in [0.4, 0.5) is 17.1 Å². The van der Waals surface area contributed by atoms with Crippen molar-refractivity contribution in [3.05, 3.63) is 65.2 Å². The Labute approximate surface area is 209 Å². The highest BCUT2D eigenvalue weighted by atomic mass is 32.4. The predicted molar refractivity (Wildman–Crippen MR) is 156 cm³/mol. The predicted octanol–water partition coefficient (Wildman–Crippen LogP) is 5.71. The first kappa shape index (κ1) is 23.5. The van der Waals surface area contributed by atoms with E-state index in [-0.39, 0.29) is 0 Å². The standard InChI is InChI=1S/C27H32N2P2S2/c1-7-20-16-25-27-26(17-20)31(33,28(8-2)9-3)24-15-19(5)11-13-22(24)29(27)21-12-10-18(4)14-23(21)30(25,6)32/h10-17H,7-9H2,1-6H3. The summed E-state index contributed by atoms with van der Waals surface area (Å²) in [7, 11) is 0. The molecule has 0 saturated heterocycles. The van der Waals surface area contributed by atoms with E-state index in [1.54, 1.807) is 0 Å². The average Bonchev–Trinajstić information content (AvgIpc) is 2.80. The second-order valence-corrected chi connectivity index (χ2v) is 18.6. The number of aryl methyl sites for hydroxylation is 3. The zero-order valence-corrected chi connectivity index (χ0v) is 23.8. The molecule has 5 rings (SSSR count). The molecular weight excluding hydrogens is 478 g/mol. The lowest BCUT2D eigenvalue weighted by atomic mass is 10.1. The third-order valence-corrected chi connectivity index (χ3v) is 16.2. The quantitative estimate of drug-likeness (QED) is 0.415. The molecule has 33 heavy (non-hydrogen) atoms. The second kappa shape index (κ2) is 8.14. The van der Waals surface area contributed by atoms with Crippen LogP contribution in [0.15, 0.2) is 48.5 Å². The van der Waals surface area contributed by atoms with Gasteiger partial charge in [-0.15, -0.1) is 0 Å². The van der Waals surface area contributed by atoms with Gasteiger partial charge in [0.2, 0.25) is 0 Å². The Kier molecular flexibility index (Phi) is 5.79. The largest absolute Gasteiger partial charge is 0.308 e. The van der Waals surface area contributed by atoms with Gasteiger partial charge in [0.1, 0.15) is 0 Å². The Balaban J connectivity index is 2.00. The molecule has 6 heteroatoms. The summed E-state index contributed by atoms with van der Waals surface area (Å²) in [5.74, 6) is 0. The van der Waals surface area contributed by atoms with E-state index < -0.39 is 12.2 Å². The highest BCUT2D eigenvalue weighted by molar-refractivity contribution is 8.22. The lowest BCUT2D eigenvalue weighted by Crippen LogP contribution is -2.46. The van der Waals surface area contributed by atoms with Crippen LogP contribution >= 0.6 is 12.2 Å². The van der Waals surface area contributed by atoms with Crippen LogP contribution in [0.5, 0.6) is 0 Å². The fraction of sp³-hybridized carbons (Fsp3) is 0.333. The molecule has 0 amide bonds. The lowest BCUT2D eigenvalue weighted by Gasteiger charge is -2.48. The number of nitrogens with zero attached hydrogens (tertiary/aromatic N) is 2. The number of anilines is 3. The maximum absolute atomic E-state index is 6.82. The summed E-state index contributed by atoms with van der Waals surface area (Å²) in [6.07, 6.45) is -1.20. The monoisotopic (exact) mass is 510 g/mol. The third-order valence-electron chi connectivity index (χ3n) is 7.21. The van der Waals surface area contributed by atoms with E-state index in [9.17, 15) is 0 Å². The summed E-state index contributed by atoms with van der Waals surface area (Å²) >= 11 is 13.3. The van der Waals surface area contributed by atoms with Crippen LogP contribution in [-0.2, 0) is 30.0 Å². The first-order valence-electron chi connectivity index (χ1n) is 11.8. The molecule has 0 radical (unpaired) electrons. The van der Waals surface area contributed by atoms with E-state index in [1.807, 2.05) is 0 Å². The van der Waals surface area contributed by atoms with Crippen molar-refractivity contribution >= 4 is 74.1 Å². The summed E-state index contributed by atoms with van der Waals surface area (Å²) < 4.78 is 2.55. The molecule has 2 aliphatic rings. The lowest BCUT2D eigenvalue weighted by molar-refractivity contribution is 0.513. The second-order valence-electron chi connectivity index (χ2n) is 9.30. The van der Waals surface area contributed by atoms with Gasteiger partial charge in [0.05, 0.1) is 23.3 Å². The number of benzene rings is 3. The normalized spacial score (nSPS) is 22.7. The van der Waals surface area contributed by atoms with E-state index in [0.29, 0.717) is 0 Å². The number of rotatable bonds is 4. The van der Waals surface area contributed by atoms with Gasteiger partial charge in [0, 0.05) is 40.3 Å². The van der Waals surface area contributed by atoms with Crippen molar-refractivity contribution in [1.29, 1.82) is 0 Å². The van der Waals surface area contributed by atoms with Crippen molar-refractivity contribution < 1.29 is 0 Å². The Bertz CT molecular complexity index is 1390. The number of hydrogen-bond donors (Lipinski definition) is 0. The van der Waals surface area contributed by atoms with E-state index in [4.69, 9.17) is 23.6 Å². The fourth-order valence-corrected chi connectivity index (χ4v) is 13.7. The summed E-state index contributed by atoms with van der Waals surface area (Å²) in [6.45, 7) is 15.3. The van der Waals surface area contributed by atoms with Crippen molar-refractivity contribution in [2.24, 2.45) is 0 Å². The van der Waals surface area contributed by atoms with Gasteiger partial charge in [-0.1, -0.05) is 67.6 Å². The molecule has 172 valence electrons. The highest BCUT2D eigenvalue weighted by Crippen LogP contribution is 2.61. The zero-order valence-electron chi connectivity index (χ0n) is 20.3. The molecule has 2 heterocycles. The molecule has 3 aromatic carbocycles. The smallest absolute Gasteiger partial charge is 0.0751 e. The van der Waals surface area contributed by atoms with Crippen LogP contribution in [0.25, 0.3) is 0 Å². The first-order chi connectivity index (χ1) is 15.7. The molecule has 2 atom stereocenters. The Morgan fingerprint density at radius 2 is 1.30 bits per heavy atom. The molecular formula is C27H32N2P2S2. The third kappa shape index (κ3) is 3.22. The Hall–Kier alpha value is -1.28.